The van der Waals surface area contributed by atoms with Crippen LogP contribution in [0.1, 0.15) is 35.7 Å². The summed E-state index contributed by atoms with van der Waals surface area (Å²) >= 11 is 5.90. The Balaban J connectivity index is 2.21. The minimum atomic E-state index is -0.222. The molecule has 2 rings (SSSR count). The predicted octanol–water partition coefficient (Wildman–Crippen LogP) is 4.30. The van der Waals surface area contributed by atoms with Gasteiger partial charge in [-0.2, -0.15) is 0 Å². The first-order valence-electron chi connectivity index (χ1n) is 6.43. The molecule has 0 aliphatic rings. The summed E-state index contributed by atoms with van der Waals surface area (Å²) in [4.78, 5) is 12.2. The highest BCUT2D eigenvalue weighted by molar-refractivity contribution is 6.31. The van der Waals surface area contributed by atoms with Crippen LogP contribution in [-0.2, 0) is 0 Å². The molecule has 2 aromatic carbocycles. The summed E-state index contributed by atoms with van der Waals surface area (Å²) in [5.74, 6) is 0.189. The van der Waals surface area contributed by atoms with Crippen molar-refractivity contribution in [3.63, 3.8) is 0 Å². The number of carbonyl (C=O) groups excluding carboxylic acids is 1. The lowest BCUT2D eigenvalue weighted by Gasteiger charge is -2.10. The predicted molar refractivity (Wildman–Crippen MR) is 84.3 cm³/mol. The molecule has 3 nitrogen and oxygen atoms in total. The van der Waals surface area contributed by atoms with Crippen molar-refractivity contribution in [1.29, 1.82) is 0 Å². The van der Waals surface area contributed by atoms with Crippen LogP contribution in [0.4, 0.5) is 11.4 Å². The zero-order valence-electron chi connectivity index (χ0n) is 11.5. The molecule has 0 aromatic heterocycles. The highest BCUT2D eigenvalue weighted by Gasteiger charge is 2.09. The van der Waals surface area contributed by atoms with Gasteiger partial charge in [0.15, 0.2) is 0 Å². The van der Waals surface area contributed by atoms with E-state index in [2.05, 4.69) is 19.2 Å². The molecule has 4 heteroatoms. The van der Waals surface area contributed by atoms with E-state index >= 15 is 0 Å². The maximum Gasteiger partial charge on any atom is 0.255 e. The third-order valence-electron chi connectivity index (χ3n) is 2.99. The van der Waals surface area contributed by atoms with E-state index in [9.17, 15) is 4.79 Å². The Morgan fingerprint density at radius 3 is 2.60 bits per heavy atom. The van der Waals surface area contributed by atoms with E-state index in [1.807, 2.05) is 24.3 Å². The lowest BCUT2D eigenvalue weighted by atomic mass is 10.0. The minimum absolute atomic E-state index is 0.222. The molecular weight excluding hydrogens is 272 g/mol. The molecule has 3 N–H and O–H groups in total. The average molecular weight is 289 g/mol. The number of carbonyl (C=O) groups is 1. The number of hydrogen-bond donors (Lipinski definition) is 2. The Labute approximate surface area is 123 Å². The van der Waals surface area contributed by atoms with Gasteiger partial charge in [-0.25, -0.2) is 0 Å². The third kappa shape index (κ3) is 3.52. The number of nitrogens with two attached hydrogens (primary N) is 1. The van der Waals surface area contributed by atoms with Crippen molar-refractivity contribution in [3.05, 3.63) is 58.6 Å². The normalized spacial score (nSPS) is 10.6. The number of anilines is 2. The van der Waals surface area contributed by atoms with Crippen LogP contribution in [-0.4, -0.2) is 5.91 Å². The minimum Gasteiger partial charge on any atom is -0.399 e. The Bertz CT molecular complexity index is 618. The van der Waals surface area contributed by atoms with Crippen LogP contribution in [0, 0.1) is 0 Å². The Morgan fingerprint density at radius 2 is 1.95 bits per heavy atom. The number of rotatable bonds is 3. The summed E-state index contributed by atoms with van der Waals surface area (Å²) in [6.07, 6.45) is 0. The highest BCUT2D eigenvalue weighted by Crippen LogP contribution is 2.21. The molecule has 0 unspecified atom stereocenters. The van der Waals surface area contributed by atoms with Crippen molar-refractivity contribution >= 4 is 28.9 Å². The molecule has 0 saturated carbocycles. The molecule has 2 aromatic rings. The van der Waals surface area contributed by atoms with E-state index < -0.39 is 0 Å². The third-order valence-corrected chi connectivity index (χ3v) is 3.21. The van der Waals surface area contributed by atoms with Crippen molar-refractivity contribution in [2.45, 2.75) is 19.8 Å². The van der Waals surface area contributed by atoms with Crippen LogP contribution in [0.2, 0.25) is 5.02 Å². The van der Waals surface area contributed by atoms with E-state index in [1.165, 1.54) is 5.56 Å². The van der Waals surface area contributed by atoms with Crippen LogP contribution in [0.15, 0.2) is 42.5 Å². The SMILES string of the molecule is CC(C)c1cccc(NC(=O)c2cc(N)cc(Cl)c2)c1. The standard InChI is InChI=1S/C16H17ClN2O/c1-10(2)11-4-3-5-15(8-11)19-16(20)12-6-13(17)9-14(18)7-12/h3-10H,18H2,1-2H3,(H,19,20). The summed E-state index contributed by atoms with van der Waals surface area (Å²) in [6, 6.07) is 12.6. The Morgan fingerprint density at radius 1 is 1.20 bits per heavy atom. The van der Waals surface area contributed by atoms with E-state index in [-0.39, 0.29) is 5.91 Å². The summed E-state index contributed by atoms with van der Waals surface area (Å²) in [5, 5.41) is 3.30. The number of benzene rings is 2. The van der Waals surface area contributed by atoms with E-state index in [4.69, 9.17) is 17.3 Å². The first-order valence-corrected chi connectivity index (χ1v) is 6.81. The van der Waals surface area contributed by atoms with Gasteiger partial charge in [0.05, 0.1) is 0 Å². The molecule has 0 atom stereocenters. The van der Waals surface area contributed by atoms with Crippen molar-refractivity contribution in [3.8, 4) is 0 Å². The smallest absolute Gasteiger partial charge is 0.255 e. The summed E-state index contributed by atoms with van der Waals surface area (Å²) in [7, 11) is 0. The average Bonchev–Trinajstić information content (AvgIpc) is 2.37. The lowest BCUT2D eigenvalue weighted by Crippen LogP contribution is -2.12. The molecule has 0 aliphatic carbocycles. The second-order valence-corrected chi connectivity index (χ2v) is 5.44. The van der Waals surface area contributed by atoms with Crippen LogP contribution >= 0.6 is 11.6 Å². The lowest BCUT2D eigenvalue weighted by molar-refractivity contribution is 0.102. The first-order chi connectivity index (χ1) is 9.45. The first kappa shape index (κ1) is 14.4. The highest BCUT2D eigenvalue weighted by atomic mass is 35.5. The van der Waals surface area contributed by atoms with E-state index in [0.717, 1.165) is 5.69 Å². The fraction of sp³-hybridized carbons (Fsp3) is 0.188. The molecule has 1 amide bonds. The van der Waals surface area contributed by atoms with Gasteiger partial charge in [-0.05, 0) is 41.8 Å². The van der Waals surface area contributed by atoms with Crippen molar-refractivity contribution in [1.82, 2.24) is 0 Å². The summed E-state index contributed by atoms with van der Waals surface area (Å²) in [5.41, 5.74) is 8.55. The van der Waals surface area contributed by atoms with Gasteiger partial charge in [-0.1, -0.05) is 37.6 Å². The molecule has 0 radical (unpaired) electrons. The van der Waals surface area contributed by atoms with Crippen LogP contribution in [0.5, 0.6) is 0 Å². The van der Waals surface area contributed by atoms with Gasteiger partial charge in [0.25, 0.3) is 5.91 Å². The van der Waals surface area contributed by atoms with Gasteiger partial charge in [-0.15, -0.1) is 0 Å². The molecule has 0 aliphatic heterocycles. The zero-order valence-corrected chi connectivity index (χ0v) is 12.2. The quantitative estimate of drug-likeness (QED) is 0.828. The second-order valence-electron chi connectivity index (χ2n) is 5.01. The molecule has 0 heterocycles. The number of amides is 1. The monoisotopic (exact) mass is 288 g/mol. The number of halogens is 1. The van der Waals surface area contributed by atoms with Gasteiger partial charge in [-0.3, -0.25) is 4.79 Å². The maximum atomic E-state index is 12.2. The Kier molecular flexibility index (Phi) is 4.30. The number of hydrogen-bond acceptors (Lipinski definition) is 2. The molecule has 0 saturated heterocycles. The van der Waals surface area contributed by atoms with E-state index in [1.54, 1.807) is 18.2 Å². The molecular formula is C16H17ClN2O. The van der Waals surface area contributed by atoms with Crippen molar-refractivity contribution in [2.24, 2.45) is 0 Å². The van der Waals surface area contributed by atoms with Gasteiger partial charge in [0, 0.05) is 22.0 Å². The van der Waals surface area contributed by atoms with Crippen molar-refractivity contribution < 1.29 is 4.79 Å². The topological polar surface area (TPSA) is 55.1 Å². The van der Waals surface area contributed by atoms with E-state index in [0.29, 0.717) is 22.2 Å². The maximum absolute atomic E-state index is 12.2. The van der Waals surface area contributed by atoms with Gasteiger partial charge in [0.2, 0.25) is 0 Å². The molecule has 104 valence electrons. The fourth-order valence-electron chi connectivity index (χ4n) is 1.92. The zero-order chi connectivity index (χ0) is 14.7. The summed E-state index contributed by atoms with van der Waals surface area (Å²) < 4.78 is 0. The van der Waals surface area contributed by atoms with Gasteiger partial charge < -0.3 is 11.1 Å². The fourth-order valence-corrected chi connectivity index (χ4v) is 2.17. The van der Waals surface area contributed by atoms with Crippen LogP contribution in [0.25, 0.3) is 0 Å². The second kappa shape index (κ2) is 5.97. The van der Waals surface area contributed by atoms with Gasteiger partial charge >= 0.3 is 0 Å². The molecule has 0 spiro atoms. The molecule has 0 bridgehead atoms. The molecule has 0 fully saturated rings. The number of nitrogens with one attached hydrogen (secondary N) is 1. The largest absolute Gasteiger partial charge is 0.399 e. The molecule has 20 heavy (non-hydrogen) atoms. The van der Waals surface area contributed by atoms with Crippen LogP contribution < -0.4 is 11.1 Å². The summed E-state index contributed by atoms with van der Waals surface area (Å²) in [6.45, 7) is 4.22. The van der Waals surface area contributed by atoms with Crippen LogP contribution in [0.3, 0.4) is 0 Å². The number of nitrogen functional groups attached to an aromatic ring is 1. The Hall–Kier alpha value is -2.00. The van der Waals surface area contributed by atoms with Gasteiger partial charge in [0.1, 0.15) is 0 Å². The van der Waals surface area contributed by atoms with Crippen molar-refractivity contribution in [2.75, 3.05) is 11.1 Å².